The number of anilines is 4. The van der Waals surface area contributed by atoms with Gasteiger partial charge in [0.2, 0.25) is 5.82 Å². The lowest BCUT2D eigenvalue weighted by Crippen LogP contribution is -2.36. The van der Waals surface area contributed by atoms with Gasteiger partial charge in [-0.25, -0.2) is 0 Å². The summed E-state index contributed by atoms with van der Waals surface area (Å²) in [5, 5.41) is 9.72. The molecule has 0 saturated heterocycles. The molecule has 0 aromatic heterocycles. The molecule has 0 saturated carbocycles. The molecule has 2 aromatic carbocycles. The largest absolute Gasteiger partial charge is 0.378 e. The number of allylic oxidation sites excluding steroid dienone is 1. The second kappa shape index (κ2) is 9.68. The summed E-state index contributed by atoms with van der Waals surface area (Å²) in [6.45, 7) is 10.2. The molecule has 0 bridgehead atoms. The predicted octanol–water partition coefficient (Wildman–Crippen LogP) is 3.76. The molecular formula is C26H30N8. The third kappa shape index (κ3) is 4.72. The van der Waals surface area contributed by atoms with Crippen LogP contribution in [-0.4, -0.2) is 64.4 Å². The molecule has 0 unspecified atom stereocenters. The summed E-state index contributed by atoms with van der Waals surface area (Å²) < 4.78 is 0. The maximum Gasteiger partial charge on any atom is 0.243 e. The van der Waals surface area contributed by atoms with Crippen molar-refractivity contribution < 1.29 is 0 Å². The fraction of sp³-hybridized carbons (Fsp3) is 0.308. The van der Waals surface area contributed by atoms with Gasteiger partial charge in [-0.15, -0.1) is 0 Å². The Bertz CT molecular complexity index is 1090. The van der Waals surface area contributed by atoms with Crippen LogP contribution in [0.4, 0.5) is 22.7 Å². The minimum Gasteiger partial charge on any atom is -0.378 e. The van der Waals surface area contributed by atoms with Crippen LogP contribution in [0.15, 0.2) is 72.4 Å². The quantitative estimate of drug-likeness (QED) is 0.591. The zero-order valence-electron chi connectivity index (χ0n) is 20.2. The average Bonchev–Trinajstić information content (AvgIpc) is 3.46. The highest BCUT2D eigenvalue weighted by atomic mass is 15.4. The molecule has 0 N–H and O–H groups in total. The van der Waals surface area contributed by atoms with E-state index in [0.717, 1.165) is 22.7 Å². The smallest absolute Gasteiger partial charge is 0.243 e. The van der Waals surface area contributed by atoms with Gasteiger partial charge in [0, 0.05) is 63.3 Å². The number of hydrogen-bond donors (Lipinski definition) is 0. The third-order valence-corrected chi connectivity index (χ3v) is 6.08. The first-order chi connectivity index (χ1) is 16.4. The van der Waals surface area contributed by atoms with Crippen molar-refractivity contribution in [3.63, 3.8) is 0 Å². The van der Waals surface area contributed by atoms with Gasteiger partial charge in [-0.05, 0) is 36.4 Å². The Balaban J connectivity index is 1.42. The van der Waals surface area contributed by atoms with Gasteiger partial charge in [-0.1, -0.05) is 18.7 Å². The van der Waals surface area contributed by atoms with Crippen LogP contribution in [0.5, 0.6) is 0 Å². The summed E-state index contributed by atoms with van der Waals surface area (Å²) in [4.78, 5) is 16.2. The first-order valence-electron chi connectivity index (χ1n) is 11.2. The van der Waals surface area contributed by atoms with Crippen LogP contribution in [-0.2, 0) is 0 Å². The van der Waals surface area contributed by atoms with E-state index in [9.17, 15) is 5.26 Å². The lowest BCUT2D eigenvalue weighted by molar-refractivity contribution is 0.304. The lowest BCUT2D eigenvalue weighted by Gasteiger charge is -2.26. The highest BCUT2D eigenvalue weighted by Gasteiger charge is 2.27. The van der Waals surface area contributed by atoms with Crippen LogP contribution in [0.3, 0.4) is 0 Å². The van der Waals surface area contributed by atoms with Crippen LogP contribution in [0.1, 0.15) is 0 Å². The van der Waals surface area contributed by atoms with Crippen molar-refractivity contribution >= 4 is 22.7 Å². The van der Waals surface area contributed by atoms with E-state index in [2.05, 4.69) is 76.7 Å². The molecule has 2 aliphatic heterocycles. The van der Waals surface area contributed by atoms with Crippen LogP contribution in [0, 0.1) is 17.9 Å². The fourth-order valence-electron chi connectivity index (χ4n) is 4.08. The zero-order valence-corrected chi connectivity index (χ0v) is 20.2. The Morgan fingerprint density at radius 2 is 1.38 bits per heavy atom. The Kier molecular flexibility index (Phi) is 6.51. The van der Waals surface area contributed by atoms with Gasteiger partial charge in [0.1, 0.15) is 18.4 Å². The lowest BCUT2D eigenvalue weighted by atomic mass is 10.2. The van der Waals surface area contributed by atoms with Crippen molar-refractivity contribution in [2.24, 2.45) is 0 Å². The topological polar surface area (TPSA) is 47.6 Å². The molecule has 8 heteroatoms. The van der Waals surface area contributed by atoms with E-state index < -0.39 is 0 Å². The van der Waals surface area contributed by atoms with Crippen molar-refractivity contribution in [3.05, 3.63) is 83.9 Å². The first kappa shape index (κ1) is 22.9. The molecule has 8 nitrogen and oxygen atoms in total. The van der Waals surface area contributed by atoms with E-state index in [0.29, 0.717) is 37.9 Å². The molecule has 0 atom stereocenters. The van der Waals surface area contributed by atoms with E-state index in [1.165, 1.54) is 0 Å². The number of hydrogen-bond acceptors (Lipinski definition) is 7. The van der Waals surface area contributed by atoms with Gasteiger partial charge in [-0.3, -0.25) is 0 Å². The number of benzene rings is 2. The number of nitrogens with zero attached hydrogens (tertiary/aromatic N) is 8. The highest BCUT2D eigenvalue weighted by molar-refractivity contribution is 5.62. The number of rotatable bonds is 7. The van der Waals surface area contributed by atoms with Gasteiger partial charge in [0.25, 0.3) is 0 Å². The molecule has 174 valence electrons. The molecule has 34 heavy (non-hydrogen) atoms. The SMILES string of the molecule is [C-]#[N+]C1=CN(c2cccc(N(C)C)c2)CN1CCN1CN(c2cccc(N(C)C)c2)C=C1C#N. The Hall–Kier alpha value is -4.30. The molecule has 0 fully saturated rings. The maximum absolute atomic E-state index is 9.72. The summed E-state index contributed by atoms with van der Waals surface area (Å²) in [6, 6.07) is 18.9. The first-order valence-corrected chi connectivity index (χ1v) is 11.2. The molecule has 2 heterocycles. The van der Waals surface area contributed by atoms with Crippen molar-refractivity contribution in [2.45, 2.75) is 0 Å². The number of nitriles is 1. The normalized spacial score (nSPS) is 15.1. The second-order valence-electron chi connectivity index (χ2n) is 8.80. The van der Waals surface area contributed by atoms with Crippen molar-refractivity contribution in [2.75, 3.05) is 74.2 Å². The highest BCUT2D eigenvalue weighted by Crippen LogP contribution is 2.29. The molecule has 0 amide bonds. The van der Waals surface area contributed by atoms with Crippen molar-refractivity contribution in [1.82, 2.24) is 9.80 Å². The Labute approximate surface area is 202 Å². The summed E-state index contributed by atoms with van der Waals surface area (Å²) in [5.41, 5.74) is 4.98. The van der Waals surface area contributed by atoms with E-state index >= 15 is 0 Å². The van der Waals surface area contributed by atoms with E-state index in [1.54, 1.807) is 0 Å². The third-order valence-electron chi connectivity index (χ3n) is 6.08. The second-order valence-corrected chi connectivity index (χ2v) is 8.80. The zero-order chi connectivity index (χ0) is 24.2. The van der Waals surface area contributed by atoms with Gasteiger partial charge in [0.05, 0.1) is 19.8 Å². The van der Waals surface area contributed by atoms with Crippen LogP contribution < -0.4 is 19.6 Å². The van der Waals surface area contributed by atoms with E-state index in [4.69, 9.17) is 6.57 Å². The van der Waals surface area contributed by atoms with Crippen LogP contribution in [0.2, 0.25) is 0 Å². The van der Waals surface area contributed by atoms with Crippen molar-refractivity contribution in [3.8, 4) is 6.07 Å². The summed E-state index contributed by atoms with van der Waals surface area (Å²) >= 11 is 0. The standard InChI is InChI=1S/C26H30N8/c1-28-26-18-34(24-11-7-9-22(15-24)30(4)5)20-32(26)13-12-31-19-33(17-25(31)16-27)23-10-6-8-21(14-23)29(2)3/h6-11,14-15,17-18H,12-13,19-20H2,2-5H3. The molecule has 0 aliphatic carbocycles. The van der Waals surface area contributed by atoms with E-state index in [-0.39, 0.29) is 0 Å². The monoisotopic (exact) mass is 454 g/mol. The van der Waals surface area contributed by atoms with E-state index in [1.807, 2.05) is 52.7 Å². The summed E-state index contributed by atoms with van der Waals surface area (Å²) in [6.07, 6.45) is 3.81. The molecule has 4 rings (SSSR count). The average molecular weight is 455 g/mol. The minimum absolute atomic E-state index is 0.610. The van der Waals surface area contributed by atoms with Crippen LogP contribution in [0.25, 0.3) is 4.85 Å². The van der Waals surface area contributed by atoms with Gasteiger partial charge in [0.15, 0.2) is 0 Å². The molecular weight excluding hydrogens is 424 g/mol. The van der Waals surface area contributed by atoms with Gasteiger partial charge in [-0.2, -0.15) is 5.26 Å². The van der Waals surface area contributed by atoms with Gasteiger partial charge < -0.3 is 34.2 Å². The van der Waals surface area contributed by atoms with Crippen LogP contribution >= 0.6 is 0 Å². The fourth-order valence-corrected chi connectivity index (χ4v) is 4.08. The Morgan fingerprint density at radius 3 is 1.91 bits per heavy atom. The summed E-state index contributed by atoms with van der Waals surface area (Å²) in [7, 11) is 8.08. The predicted molar refractivity (Wildman–Crippen MR) is 138 cm³/mol. The molecule has 0 spiro atoms. The molecule has 2 aromatic rings. The van der Waals surface area contributed by atoms with Gasteiger partial charge >= 0.3 is 0 Å². The molecule has 0 radical (unpaired) electrons. The Morgan fingerprint density at radius 1 is 0.853 bits per heavy atom. The molecule has 2 aliphatic rings. The summed E-state index contributed by atoms with van der Waals surface area (Å²) in [5.74, 6) is 0.618. The van der Waals surface area contributed by atoms with Crippen molar-refractivity contribution in [1.29, 1.82) is 5.26 Å². The maximum atomic E-state index is 9.72. The minimum atomic E-state index is 0.610.